The minimum absolute atomic E-state index is 0.277. The fourth-order valence-electron chi connectivity index (χ4n) is 1.77. The molecule has 0 bridgehead atoms. The molecule has 0 fully saturated rings. The minimum Gasteiger partial charge on any atom is -0.493 e. The van der Waals surface area contributed by atoms with Crippen molar-refractivity contribution >= 4 is 0 Å². The molecule has 1 aromatic carbocycles. The summed E-state index contributed by atoms with van der Waals surface area (Å²) in [5, 5.41) is 0. The summed E-state index contributed by atoms with van der Waals surface area (Å²) in [6.07, 6.45) is 3.19. The van der Waals surface area contributed by atoms with E-state index in [0.29, 0.717) is 6.61 Å². The Hall–Kier alpha value is -1.22. The van der Waals surface area contributed by atoms with Gasteiger partial charge in [-0.1, -0.05) is 6.07 Å². The van der Waals surface area contributed by atoms with E-state index in [2.05, 4.69) is 6.07 Å². The molecule has 0 heterocycles. The van der Waals surface area contributed by atoms with Gasteiger partial charge in [-0.3, -0.25) is 0 Å². The number of benzene rings is 1. The van der Waals surface area contributed by atoms with Crippen molar-refractivity contribution in [2.45, 2.75) is 39.2 Å². The molecule has 0 aliphatic heterocycles. The normalized spacial score (nSPS) is 12.2. The second-order valence-electron chi connectivity index (χ2n) is 4.29. The molecule has 2 N–H and O–H groups in total. The molecule has 17 heavy (non-hydrogen) atoms. The summed E-state index contributed by atoms with van der Waals surface area (Å²) in [7, 11) is 1.67. The van der Waals surface area contributed by atoms with Crippen LogP contribution < -0.4 is 15.2 Å². The second kappa shape index (κ2) is 7.17. The van der Waals surface area contributed by atoms with E-state index in [1.807, 2.05) is 26.0 Å². The van der Waals surface area contributed by atoms with E-state index in [-0.39, 0.29) is 6.04 Å². The molecule has 0 spiro atoms. The molecule has 0 saturated heterocycles. The number of nitrogens with two attached hydrogens (primary N) is 1. The van der Waals surface area contributed by atoms with E-state index < -0.39 is 0 Å². The summed E-state index contributed by atoms with van der Waals surface area (Å²) in [6.45, 7) is 4.66. The predicted octanol–water partition coefficient (Wildman–Crippen LogP) is 2.76. The first-order chi connectivity index (χ1) is 8.17. The van der Waals surface area contributed by atoms with Crippen LogP contribution in [0.4, 0.5) is 0 Å². The highest BCUT2D eigenvalue weighted by Gasteiger charge is 2.05. The topological polar surface area (TPSA) is 44.5 Å². The molecule has 0 amide bonds. The molecular weight excluding hydrogens is 214 g/mol. The number of methoxy groups -OCH3 is 1. The summed E-state index contributed by atoms with van der Waals surface area (Å²) in [5.41, 5.74) is 7.00. The molecule has 1 atom stereocenters. The molecule has 1 aromatic rings. The first kappa shape index (κ1) is 13.8. The summed E-state index contributed by atoms with van der Waals surface area (Å²) in [5.74, 6) is 1.62. The minimum atomic E-state index is 0.277. The Morgan fingerprint density at radius 3 is 2.65 bits per heavy atom. The SMILES string of the molecule is CCOc1ccc(CCCC(C)N)cc1OC. The summed E-state index contributed by atoms with van der Waals surface area (Å²) in [4.78, 5) is 0. The van der Waals surface area contributed by atoms with Crippen molar-refractivity contribution in [2.24, 2.45) is 5.73 Å². The fraction of sp³-hybridized carbons (Fsp3) is 0.571. The van der Waals surface area contributed by atoms with Crippen molar-refractivity contribution in [1.29, 1.82) is 0 Å². The summed E-state index contributed by atoms with van der Waals surface area (Å²) in [6, 6.07) is 6.39. The lowest BCUT2D eigenvalue weighted by atomic mass is 10.1. The molecule has 0 aliphatic rings. The smallest absolute Gasteiger partial charge is 0.161 e. The largest absolute Gasteiger partial charge is 0.493 e. The lowest BCUT2D eigenvalue weighted by Gasteiger charge is -2.11. The van der Waals surface area contributed by atoms with Crippen LogP contribution in [0.5, 0.6) is 11.5 Å². The highest BCUT2D eigenvalue weighted by molar-refractivity contribution is 5.42. The van der Waals surface area contributed by atoms with Gasteiger partial charge in [0.05, 0.1) is 13.7 Å². The van der Waals surface area contributed by atoms with Crippen molar-refractivity contribution in [3.63, 3.8) is 0 Å². The van der Waals surface area contributed by atoms with Crippen LogP contribution in [-0.2, 0) is 6.42 Å². The van der Waals surface area contributed by atoms with Gasteiger partial charge in [-0.05, 0) is 50.8 Å². The van der Waals surface area contributed by atoms with Gasteiger partial charge in [0.15, 0.2) is 11.5 Å². The van der Waals surface area contributed by atoms with Crippen LogP contribution in [0.1, 0.15) is 32.3 Å². The van der Waals surface area contributed by atoms with E-state index >= 15 is 0 Å². The molecule has 0 radical (unpaired) electrons. The standard InChI is InChI=1S/C14H23NO2/c1-4-17-13-9-8-12(10-14(13)16-3)7-5-6-11(2)15/h8-11H,4-7,15H2,1-3H3. The highest BCUT2D eigenvalue weighted by atomic mass is 16.5. The first-order valence-electron chi connectivity index (χ1n) is 6.22. The monoisotopic (exact) mass is 237 g/mol. The van der Waals surface area contributed by atoms with Crippen LogP contribution in [0.25, 0.3) is 0 Å². The number of hydrogen-bond donors (Lipinski definition) is 1. The number of hydrogen-bond acceptors (Lipinski definition) is 3. The Labute approximate surface area is 104 Å². The summed E-state index contributed by atoms with van der Waals surface area (Å²) < 4.78 is 10.8. The van der Waals surface area contributed by atoms with Crippen molar-refractivity contribution in [1.82, 2.24) is 0 Å². The zero-order valence-electron chi connectivity index (χ0n) is 11.0. The quantitative estimate of drug-likeness (QED) is 0.793. The lowest BCUT2D eigenvalue weighted by molar-refractivity contribution is 0.310. The van der Waals surface area contributed by atoms with Crippen LogP contribution >= 0.6 is 0 Å². The number of ether oxygens (including phenoxy) is 2. The Morgan fingerprint density at radius 2 is 2.06 bits per heavy atom. The molecule has 1 unspecified atom stereocenters. The van der Waals surface area contributed by atoms with Gasteiger partial charge >= 0.3 is 0 Å². The van der Waals surface area contributed by atoms with E-state index in [4.69, 9.17) is 15.2 Å². The molecular formula is C14H23NO2. The molecule has 0 aromatic heterocycles. The average molecular weight is 237 g/mol. The molecule has 0 saturated carbocycles. The van der Waals surface area contributed by atoms with E-state index in [0.717, 1.165) is 30.8 Å². The van der Waals surface area contributed by atoms with Crippen molar-refractivity contribution in [3.8, 4) is 11.5 Å². The fourth-order valence-corrected chi connectivity index (χ4v) is 1.77. The van der Waals surface area contributed by atoms with Gasteiger partial charge in [-0.2, -0.15) is 0 Å². The summed E-state index contributed by atoms with van der Waals surface area (Å²) >= 11 is 0. The third kappa shape index (κ3) is 4.65. The third-order valence-electron chi connectivity index (χ3n) is 2.65. The van der Waals surface area contributed by atoms with Crippen molar-refractivity contribution in [2.75, 3.05) is 13.7 Å². The molecule has 0 aliphatic carbocycles. The van der Waals surface area contributed by atoms with Crippen molar-refractivity contribution < 1.29 is 9.47 Å². The molecule has 3 nitrogen and oxygen atoms in total. The number of aryl methyl sites for hydroxylation is 1. The van der Waals surface area contributed by atoms with Crippen LogP contribution in [0, 0.1) is 0 Å². The van der Waals surface area contributed by atoms with Gasteiger partial charge in [0, 0.05) is 6.04 Å². The lowest BCUT2D eigenvalue weighted by Crippen LogP contribution is -2.14. The zero-order chi connectivity index (χ0) is 12.7. The zero-order valence-corrected chi connectivity index (χ0v) is 11.0. The second-order valence-corrected chi connectivity index (χ2v) is 4.29. The van der Waals surface area contributed by atoms with Gasteiger partial charge in [0.25, 0.3) is 0 Å². The van der Waals surface area contributed by atoms with Crippen LogP contribution in [-0.4, -0.2) is 19.8 Å². The molecule has 3 heteroatoms. The highest BCUT2D eigenvalue weighted by Crippen LogP contribution is 2.28. The van der Waals surface area contributed by atoms with Gasteiger partial charge < -0.3 is 15.2 Å². The Morgan fingerprint density at radius 1 is 1.29 bits per heavy atom. The Balaban J connectivity index is 2.62. The van der Waals surface area contributed by atoms with E-state index in [1.54, 1.807) is 7.11 Å². The van der Waals surface area contributed by atoms with Gasteiger partial charge in [0.2, 0.25) is 0 Å². The maximum Gasteiger partial charge on any atom is 0.161 e. The maximum atomic E-state index is 5.73. The molecule has 96 valence electrons. The first-order valence-corrected chi connectivity index (χ1v) is 6.22. The predicted molar refractivity (Wildman–Crippen MR) is 70.8 cm³/mol. The molecule has 1 rings (SSSR count). The van der Waals surface area contributed by atoms with Crippen LogP contribution in [0.3, 0.4) is 0 Å². The van der Waals surface area contributed by atoms with E-state index in [9.17, 15) is 0 Å². The third-order valence-corrected chi connectivity index (χ3v) is 2.65. The van der Waals surface area contributed by atoms with Gasteiger partial charge in [-0.15, -0.1) is 0 Å². The Bertz CT molecular complexity index is 337. The van der Waals surface area contributed by atoms with Crippen molar-refractivity contribution in [3.05, 3.63) is 23.8 Å². The number of rotatable bonds is 7. The Kier molecular flexibility index (Phi) is 5.84. The maximum absolute atomic E-state index is 5.73. The van der Waals surface area contributed by atoms with Gasteiger partial charge in [-0.25, -0.2) is 0 Å². The average Bonchev–Trinajstić information content (AvgIpc) is 2.30. The van der Waals surface area contributed by atoms with Crippen LogP contribution in [0.15, 0.2) is 18.2 Å². The van der Waals surface area contributed by atoms with Gasteiger partial charge in [0.1, 0.15) is 0 Å². The van der Waals surface area contributed by atoms with Crippen LogP contribution in [0.2, 0.25) is 0 Å². The van der Waals surface area contributed by atoms with E-state index in [1.165, 1.54) is 5.56 Å².